The summed E-state index contributed by atoms with van der Waals surface area (Å²) in [5.74, 6) is -3.15. The molecule has 0 aromatic heterocycles. The van der Waals surface area contributed by atoms with Crippen LogP contribution in [-0.2, 0) is 42.9 Å². The van der Waals surface area contributed by atoms with Gasteiger partial charge in [-0.05, 0) is 116 Å². The molecular weight excluding hydrogens is 1020 g/mol. The van der Waals surface area contributed by atoms with Crippen molar-refractivity contribution in [1.82, 2.24) is 0 Å². The first kappa shape index (κ1) is 74.7. The van der Waals surface area contributed by atoms with Crippen LogP contribution in [0, 0.1) is 0 Å². The molecule has 1 saturated heterocycles. The van der Waals surface area contributed by atoms with Crippen LogP contribution in [0.3, 0.4) is 0 Å². The van der Waals surface area contributed by atoms with Gasteiger partial charge in [0.1, 0.15) is 18.8 Å². The van der Waals surface area contributed by atoms with E-state index in [0.717, 1.165) is 180 Å². The smallest absolute Gasteiger partial charge is 0.335 e. The predicted molar refractivity (Wildman–Crippen MR) is 331 cm³/mol. The van der Waals surface area contributed by atoms with E-state index in [0.29, 0.717) is 19.3 Å². The lowest BCUT2D eigenvalue weighted by Gasteiger charge is -2.40. The fourth-order valence-electron chi connectivity index (χ4n) is 9.25. The number of allylic oxidation sites excluding steroid dienone is 16. The lowest BCUT2D eigenvalue weighted by Crippen LogP contribution is -2.61. The SMILES string of the molecule is CC/C=C\C/C=C\C/C=C\CCCCCCCCCC(=O)OCC(COC1OC(C(=O)O)C(O)C(O)C1OC(=O)CCCCCCCCC/C=C\C/C=C\CCCCC)OC(=O)CCCCCCCCC/C=C\C/C=C\C/C=C\CC. The number of aliphatic carboxylic acids is 1. The molecule has 0 amide bonds. The maximum Gasteiger partial charge on any atom is 0.335 e. The highest BCUT2D eigenvalue weighted by Gasteiger charge is 2.50. The molecule has 1 aliphatic heterocycles. The zero-order valence-corrected chi connectivity index (χ0v) is 51.0. The molecule has 0 aliphatic carbocycles. The van der Waals surface area contributed by atoms with Gasteiger partial charge >= 0.3 is 23.9 Å². The Labute approximate surface area is 492 Å². The number of rotatable bonds is 54. The second-order valence-corrected chi connectivity index (χ2v) is 21.6. The van der Waals surface area contributed by atoms with Crippen LogP contribution in [0.2, 0.25) is 0 Å². The number of ether oxygens (including phenoxy) is 5. The summed E-state index contributed by atoms with van der Waals surface area (Å²) < 4.78 is 28.5. The summed E-state index contributed by atoms with van der Waals surface area (Å²) in [5, 5.41) is 31.6. The largest absolute Gasteiger partial charge is 0.479 e. The van der Waals surface area contributed by atoms with Crippen LogP contribution < -0.4 is 0 Å². The molecule has 3 N–H and O–H groups in total. The van der Waals surface area contributed by atoms with Gasteiger partial charge in [0.25, 0.3) is 0 Å². The molecule has 1 rings (SSSR count). The minimum absolute atomic E-state index is 0.0460. The van der Waals surface area contributed by atoms with Crippen LogP contribution in [0.15, 0.2) is 97.2 Å². The number of hydrogen-bond donors (Lipinski definition) is 3. The molecule has 12 nitrogen and oxygen atoms in total. The van der Waals surface area contributed by atoms with Crippen molar-refractivity contribution in [2.45, 2.75) is 302 Å². The summed E-state index contributed by atoms with van der Waals surface area (Å²) in [7, 11) is 0. The Balaban J connectivity index is 2.68. The van der Waals surface area contributed by atoms with E-state index in [1.807, 2.05) is 0 Å². The Morgan fingerprint density at radius 3 is 1.19 bits per heavy atom. The molecule has 0 spiro atoms. The molecule has 1 heterocycles. The van der Waals surface area contributed by atoms with Crippen molar-refractivity contribution in [1.29, 1.82) is 0 Å². The number of carboxylic acids is 1. The van der Waals surface area contributed by atoms with Crippen molar-refractivity contribution in [2.75, 3.05) is 13.2 Å². The van der Waals surface area contributed by atoms with Gasteiger partial charge in [0, 0.05) is 19.3 Å². The molecule has 0 saturated carbocycles. The number of carboxylic acid groups (broad SMARTS) is 1. The van der Waals surface area contributed by atoms with E-state index in [4.69, 9.17) is 23.7 Å². The molecule has 0 bridgehead atoms. The van der Waals surface area contributed by atoms with Gasteiger partial charge in [-0.25, -0.2) is 4.79 Å². The average molecular weight is 1140 g/mol. The van der Waals surface area contributed by atoms with Crippen molar-refractivity contribution in [3.05, 3.63) is 97.2 Å². The van der Waals surface area contributed by atoms with E-state index in [9.17, 15) is 34.5 Å². The second kappa shape index (κ2) is 56.1. The van der Waals surface area contributed by atoms with E-state index in [2.05, 4.69) is 118 Å². The molecule has 81 heavy (non-hydrogen) atoms. The van der Waals surface area contributed by atoms with Crippen LogP contribution in [-0.4, -0.2) is 89.2 Å². The van der Waals surface area contributed by atoms with Crippen LogP contribution >= 0.6 is 0 Å². The van der Waals surface area contributed by atoms with Gasteiger partial charge in [-0.1, -0.05) is 227 Å². The summed E-state index contributed by atoms with van der Waals surface area (Å²) in [6, 6.07) is 0. The number of aliphatic hydroxyl groups excluding tert-OH is 2. The number of unbranched alkanes of at least 4 members (excludes halogenated alkanes) is 24. The molecule has 0 aromatic rings. The molecule has 12 heteroatoms. The zero-order valence-electron chi connectivity index (χ0n) is 51.0. The lowest BCUT2D eigenvalue weighted by atomic mass is 9.98. The summed E-state index contributed by atoms with van der Waals surface area (Å²) >= 11 is 0. The van der Waals surface area contributed by atoms with Crippen LogP contribution in [0.4, 0.5) is 0 Å². The maximum absolute atomic E-state index is 13.2. The van der Waals surface area contributed by atoms with Gasteiger partial charge < -0.3 is 39.0 Å². The number of aliphatic hydroxyl groups is 2. The summed E-state index contributed by atoms with van der Waals surface area (Å²) in [6.45, 7) is 5.75. The third-order valence-corrected chi connectivity index (χ3v) is 14.1. The Morgan fingerprint density at radius 1 is 0.420 bits per heavy atom. The van der Waals surface area contributed by atoms with Gasteiger partial charge in [-0.2, -0.15) is 0 Å². The maximum atomic E-state index is 13.2. The first-order valence-electron chi connectivity index (χ1n) is 32.2. The van der Waals surface area contributed by atoms with Crippen molar-refractivity contribution < 1.29 is 58.2 Å². The molecule has 1 aliphatic rings. The molecule has 0 radical (unpaired) electrons. The number of hydrogen-bond acceptors (Lipinski definition) is 11. The summed E-state index contributed by atoms with van der Waals surface area (Å²) in [4.78, 5) is 51.3. The number of esters is 3. The average Bonchev–Trinajstić information content (AvgIpc) is 3.53. The van der Waals surface area contributed by atoms with Gasteiger partial charge in [0.2, 0.25) is 0 Å². The second-order valence-electron chi connectivity index (χ2n) is 21.6. The fourth-order valence-corrected chi connectivity index (χ4v) is 9.25. The quantitative estimate of drug-likeness (QED) is 0.0228. The van der Waals surface area contributed by atoms with E-state index >= 15 is 0 Å². The van der Waals surface area contributed by atoms with Crippen LogP contribution in [0.5, 0.6) is 0 Å². The molecule has 462 valence electrons. The highest BCUT2D eigenvalue weighted by molar-refractivity contribution is 5.74. The predicted octanol–water partition coefficient (Wildman–Crippen LogP) is 17.2. The standard InChI is InChI=1S/C69H114O12/c1-4-7-10-13-16-19-22-25-28-31-34-37-40-43-46-49-52-55-61(70)77-58-60(79-62(71)56-53-50-47-44-41-38-35-32-29-26-23-20-17-14-11-8-5-2)59-78-69-67(65(74)64(73)66(81-69)68(75)76)80-63(72)57-54-51-48-45-42-39-36-33-30-27-24-21-18-15-12-9-6-3/h7-8,10-11,16-21,25-30,60,64-67,69,73-74H,4-6,9,12-15,22-24,31-59H2,1-3H3,(H,75,76)/b10-7-,11-8-,19-16-,20-17-,21-18-,28-25-,29-26-,30-27-. The topological polar surface area (TPSA) is 175 Å². The van der Waals surface area contributed by atoms with Gasteiger partial charge in [-0.15, -0.1) is 0 Å². The third kappa shape index (κ3) is 45.8. The van der Waals surface area contributed by atoms with E-state index < -0.39 is 67.3 Å². The fraction of sp³-hybridized carbons (Fsp3) is 0.710. The minimum Gasteiger partial charge on any atom is -0.479 e. The third-order valence-electron chi connectivity index (χ3n) is 14.1. The van der Waals surface area contributed by atoms with Crippen molar-refractivity contribution in [3.8, 4) is 0 Å². The van der Waals surface area contributed by atoms with Gasteiger partial charge in [0.05, 0.1) is 6.61 Å². The molecule has 0 aromatic carbocycles. The molecule has 6 unspecified atom stereocenters. The molecule has 6 atom stereocenters. The Morgan fingerprint density at radius 2 is 0.778 bits per heavy atom. The minimum atomic E-state index is -1.91. The first-order chi connectivity index (χ1) is 39.6. The van der Waals surface area contributed by atoms with Crippen molar-refractivity contribution >= 4 is 23.9 Å². The normalized spacial score (nSPS) is 18.4. The number of carbonyl (C=O) groups excluding carboxylic acids is 3. The monoisotopic (exact) mass is 1130 g/mol. The zero-order chi connectivity index (χ0) is 58.9. The first-order valence-corrected chi connectivity index (χ1v) is 32.2. The van der Waals surface area contributed by atoms with Gasteiger partial charge in [0.15, 0.2) is 24.6 Å². The van der Waals surface area contributed by atoms with Crippen molar-refractivity contribution in [2.24, 2.45) is 0 Å². The highest BCUT2D eigenvalue weighted by Crippen LogP contribution is 2.26. The van der Waals surface area contributed by atoms with Crippen LogP contribution in [0.25, 0.3) is 0 Å². The highest BCUT2D eigenvalue weighted by atomic mass is 16.7. The lowest BCUT2D eigenvalue weighted by molar-refractivity contribution is -0.301. The molecule has 1 fully saturated rings. The Hall–Kier alpha value is -4.36. The Kier molecular flexibility index (Phi) is 51.7. The van der Waals surface area contributed by atoms with E-state index in [1.54, 1.807) is 0 Å². The van der Waals surface area contributed by atoms with E-state index in [-0.39, 0.29) is 25.9 Å². The summed E-state index contributed by atoms with van der Waals surface area (Å²) in [5.41, 5.74) is 0. The van der Waals surface area contributed by atoms with Gasteiger partial charge in [-0.3, -0.25) is 14.4 Å². The van der Waals surface area contributed by atoms with Crippen LogP contribution in [0.1, 0.15) is 265 Å². The number of carbonyl (C=O) groups is 4. The Bertz CT molecular complexity index is 1780. The van der Waals surface area contributed by atoms with Crippen molar-refractivity contribution in [3.63, 3.8) is 0 Å². The summed E-state index contributed by atoms with van der Waals surface area (Å²) in [6.07, 6.45) is 62.1. The molecular formula is C69H114O12. The van der Waals surface area contributed by atoms with E-state index in [1.165, 1.54) is 25.7 Å².